The number of nitrogens with one attached hydrogen (secondary N) is 3. The third-order valence-corrected chi connectivity index (χ3v) is 4.64. The van der Waals surface area contributed by atoms with Gasteiger partial charge in [0.25, 0.3) is 0 Å². The fourth-order valence-corrected chi connectivity index (χ4v) is 2.79. The molecule has 4 N–H and O–H groups in total. The first-order valence-corrected chi connectivity index (χ1v) is 11.4. The molecule has 1 rings (SSSR count). The van der Waals surface area contributed by atoms with Gasteiger partial charge in [-0.25, -0.2) is 9.78 Å². The molecule has 0 aliphatic heterocycles. The summed E-state index contributed by atoms with van der Waals surface area (Å²) in [6, 6.07) is -1.17. The first-order valence-electron chi connectivity index (χ1n) is 11.4. The molecule has 2 atom stereocenters. The lowest BCUT2D eigenvalue weighted by atomic mass is 10.1. The van der Waals surface area contributed by atoms with Gasteiger partial charge in [-0.2, -0.15) is 0 Å². The zero-order chi connectivity index (χ0) is 25.3. The van der Waals surface area contributed by atoms with Gasteiger partial charge in [0.15, 0.2) is 6.10 Å². The lowest BCUT2D eigenvalue weighted by Crippen LogP contribution is -2.43. The van der Waals surface area contributed by atoms with E-state index in [1.54, 1.807) is 0 Å². The summed E-state index contributed by atoms with van der Waals surface area (Å²) in [6.45, 7) is 3.48. The lowest BCUT2D eigenvalue weighted by Gasteiger charge is -2.19. The smallest absolute Gasteiger partial charge is 0.326 e. The summed E-state index contributed by atoms with van der Waals surface area (Å²) >= 11 is 0. The summed E-state index contributed by atoms with van der Waals surface area (Å²) in [5, 5.41) is 14.2. The first-order chi connectivity index (χ1) is 16.2. The highest BCUT2D eigenvalue weighted by Crippen LogP contribution is 2.03. The molecule has 2 unspecified atom stereocenters. The Hall–Kier alpha value is -3.44. The average Bonchev–Trinajstić information content (AvgIpc) is 3.30. The van der Waals surface area contributed by atoms with E-state index in [0.717, 1.165) is 6.42 Å². The zero-order valence-corrected chi connectivity index (χ0v) is 19.6. The number of carbonyl (C=O) groups excluding carboxylic acids is 4. The maximum Gasteiger partial charge on any atom is 0.326 e. The first kappa shape index (κ1) is 28.6. The molecular formula is C22H34N4O8. The van der Waals surface area contributed by atoms with Crippen molar-refractivity contribution in [3.8, 4) is 0 Å². The highest BCUT2D eigenvalue weighted by atomic mass is 16.6. The molecule has 0 fully saturated rings. The highest BCUT2D eigenvalue weighted by Gasteiger charge is 2.22. The number of ether oxygens (including phenoxy) is 2. The highest BCUT2D eigenvalue weighted by molar-refractivity contribution is 5.87. The van der Waals surface area contributed by atoms with Crippen molar-refractivity contribution in [3.05, 3.63) is 18.2 Å². The predicted molar refractivity (Wildman–Crippen MR) is 119 cm³/mol. The Morgan fingerprint density at radius 1 is 1.03 bits per heavy atom. The van der Waals surface area contributed by atoms with Crippen molar-refractivity contribution < 1.29 is 38.6 Å². The number of aliphatic carboxylic acids is 1. The molecule has 34 heavy (non-hydrogen) atoms. The molecule has 190 valence electrons. The van der Waals surface area contributed by atoms with Crippen LogP contribution < -0.4 is 10.6 Å². The molecular weight excluding hydrogens is 448 g/mol. The van der Waals surface area contributed by atoms with Crippen LogP contribution in [0.5, 0.6) is 0 Å². The number of hydrogen-bond donors (Lipinski definition) is 4. The van der Waals surface area contributed by atoms with Crippen LogP contribution in [0.4, 0.5) is 0 Å². The van der Waals surface area contributed by atoms with E-state index in [0.29, 0.717) is 18.5 Å². The van der Waals surface area contributed by atoms with E-state index >= 15 is 0 Å². The van der Waals surface area contributed by atoms with Crippen molar-refractivity contribution in [2.24, 2.45) is 0 Å². The molecule has 1 aromatic rings. The Bertz CT molecular complexity index is 797. The molecule has 1 heterocycles. The summed E-state index contributed by atoms with van der Waals surface area (Å²) in [5.74, 6) is -3.19. The Kier molecular flexibility index (Phi) is 13.6. The number of H-pyrrole nitrogens is 1. The van der Waals surface area contributed by atoms with E-state index < -0.39 is 41.9 Å². The van der Waals surface area contributed by atoms with Gasteiger partial charge in [0.05, 0.1) is 12.9 Å². The van der Waals surface area contributed by atoms with Gasteiger partial charge in [0.2, 0.25) is 11.8 Å². The Balaban J connectivity index is 2.47. The van der Waals surface area contributed by atoms with Crippen LogP contribution in [0.15, 0.2) is 12.5 Å². The minimum atomic E-state index is -1.21. The second-order valence-electron chi connectivity index (χ2n) is 7.69. The molecule has 0 aliphatic rings. The van der Waals surface area contributed by atoms with Crippen molar-refractivity contribution in [2.45, 2.75) is 77.4 Å². The molecule has 0 aromatic carbocycles. The van der Waals surface area contributed by atoms with Crippen molar-refractivity contribution in [1.29, 1.82) is 0 Å². The molecule has 0 bridgehead atoms. The van der Waals surface area contributed by atoms with Gasteiger partial charge in [-0.1, -0.05) is 20.3 Å². The van der Waals surface area contributed by atoms with Crippen LogP contribution in [0, 0.1) is 0 Å². The Morgan fingerprint density at radius 2 is 1.76 bits per heavy atom. The van der Waals surface area contributed by atoms with Gasteiger partial charge in [-0.05, 0) is 12.8 Å². The normalized spacial score (nSPS) is 12.3. The summed E-state index contributed by atoms with van der Waals surface area (Å²) in [5.41, 5.74) is 0.546. The van der Waals surface area contributed by atoms with Crippen LogP contribution in [-0.4, -0.2) is 70.1 Å². The van der Waals surface area contributed by atoms with Crippen LogP contribution in [0.25, 0.3) is 0 Å². The number of carboxylic acids is 1. The number of aromatic nitrogens is 2. The molecule has 2 amide bonds. The second-order valence-corrected chi connectivity index (χ2v) is 7.69. The van der Waals surface area contributed by atoms with Crippen LogP contribution >= 0.6 is 0 Å². The van der Waals surface area contributed by atoms with E-state index in [1.807, 2.05) is 13.8 Å². The number of nitrogens with zero attached hydrogens (tertiary/aromatic N) is 1. The number of imidazole rings is 1. The van der Waals surface area contributed by atoms with Gasteiger partial charge >= 0.3 is 17.9 Å². The van der Waals surface area contributed by atoms with E-state index in [4.69, 9.17) is 9.47 Å². The van der Waals surface area contributed by atoms with E-state index in [-0.39, 0.29) is 45.3 Å². The van der Waals surface area contributed by atoms with Crippen LogP contribution in [0.3, 0.4) is 0 Å². The Morgan fingerprint density at radius 3 is 2.38 bits per heavy atom. The van der Waals surface area contributed by atoms with Crippen molar-refractivity contribution in [3.63, 3.8) is 0 Å². The number of rotatable bonds is 17. The topological polar surface area (TPSA) is 177 Å². The molecule has 0 aliphatic carbocycles. The number of carboxylic acid groups (broad SMARTS) is 1. The summed E-state index contributed by atoms with van der Waals surface area (Å²) in [4.78, 5) is 65.7. The van der Waals surface area contributed by atoms with Crippen LogP contribution in [-0.2, 0) is 39.9 Å². The molecule has 0 spiro atoms. The van der Waals surface area contributed by atoms with E-state index in [9.17, 15) is 29.1 Å². The average molecular weight is 483 g/mol. The van der Waals surface area contributed by atoms with Crippen molar-refractivity contribution in [2.75, 3.05) is 13.2 Å². The molecule has 1 aromatic heterocycles. The summed E-state index contributed by atoms with van der Waals surface area (Å²) < 4.78 is 10.4. The maximum atomic E-state index is 12.1. The van der Waals surface area contributed by atoms with Gasteiger partial charge in [-0.3, -0.25) is 19.2 Å². The van der Waals surface area contributed by atoms with Crippen molar-refractivity contribution in [1.82, 2.24) is 20.6 Å². The molecule has 0 saturated carbocycles. The summed E-state index contributed by atoms with van der Waals surface area (Å²) in [7, 11) is 0. The van der Waals surface area contributed by atoms with E-state index in [1.165, 1.54) is 12.5 Å². The molecule has 0 saturated heterocycles. The summed E-state index contributed by atoms with van der Waals surface area (Å²) in [6.07, 6.45) is 4.15. The quantitative estimate of drug-likeness (QED) is 0.235. The standard InChI is InChI=1S/C22H34N4O8/c1-3-5-7-20(29)33-13-16(34-21(30)6-4-2)12-24-18(27)8-9-19(28)26-17(22(31)32)10-15-11-23-14-25-15/h11,14,16-17H,3-10,12-13H2,1-2H3,(H,23,25)(H,24,27)(H,26,28)(H,31,32). The van der Waals surface area contributed by atoms with Gasteiger partial charge in [-0.15, -0.1) is 0 Å². The zero-order valence-electron chi connectivity index (χ0n) is 19.6. The molecule has 12 heteroatoms. The third-order valence-electron chi connectivity index (χ3n) is 4.64. The van der Waals surface area contributed by atoms with Gasteiger partial charge in [0.1, 0.15) is 12.6 Å². The SMILES string of the molecule is CCCCC(=O)OCC(CNC(=O)CCC(=O)NC(Cc1cnc[nH]1)C(=O)O)OC(=O)CCC. The minimum absolute atomic E-state index is 0.0229. The molecule has 12 nitrogen and oxygen atoms in total. The monoisotopic (exact) mass is 482 g/mol. The fourth-order valence-electron chi connectivity index (χ4n) is 2.79. The number of amides is 2. The minimum Gasteiger partial charge on any atom is -0.480 e. The third kappa shape index (κ3) is 12.6. The second kappa shape index (κ2) is 16.2. The Labute approximate surface area is 198 Å². The molecule has 0 radical (unpaired) electrons. The van der Waals surface area contributed by atoms with Crippen LogP contribution in [0.1, 0.15) is 64.5 Å². The number of carbonyl (C=O) groups is 5. The number of unbranched alkanes of at least 4 members (excludes halogenated alkanes) is 1. The number of hydrogen-bond acceptors (Lipinski definition) is 8. The van der Waals surface area contributed by atoms with Crippen molar-refractivity contribution >= 4 is 29.7 Å². The number of esters is 2. The van der Waals surface area contributed by atoms with Gasteiger partial charge in [0, 0.05) is 44.0 Å². The number of aromatic amines is 1. The fraction of sp³-hybridized carbons (Fsp3) is 0.636. The predicted octanol–water partition coefficient (Wildman–Crippen LogP) is 0.863. The lowest BCUT2D eigenvalue weighted by molar-refractivity contribution is -0.159. The van der Waals surface area contributed by atoms with Crippen LogP contribution in [0.2, 0.25) is 0 Å². The largest absolute Gasteiger partial charge is 0.480 e. The van der Waals surface area contributed by atoms with E-state index in [2.05, 4.69) is 20.6 Å². The van der Waals surface area contributed by atoms with Gasteiger partial charge < -0.3 is 30.2 Å². The maximum absolute atomic E-state index is 12.1.